The Hall–Kier alpha value is -0.0400. The maximum Gasteiger partial charge on any atom is 0.00956 e. The second-order valence-electron chi connectivity index (χ2n) is 6.52. The summed E-state index contributed by atoms with van der Waals surface area (Å²) >= 11 is 0. The summed E-state index contributed by atoms with van der Waals surface area (Å²) in [6.07, 6.45) is 15.7. The number of nitrogens with two attached hydrogens (primary N) is 1. The van der Waals surface area contributed by atoms with Crippen LogP contribution in [0.25, 0.3) is 0 Å². The summed E-state index contributed by atoms with van der Waals surface area (Å²) in [6.45, 7) is 2.34. The Morgan fingerprint density at radius 2 is 1.35 bits per heavy atom. The molecule has 1 atom stereocenters. The summed E-state index contributed by atoms with van der Waals surface area (Å²) in [4.78, 5) is 0. The molecule has 2 fully saturated rings. The Kier molecular flexibility index (Phi) is 5.34. The normalized spacial score (nSPS) is 34.2. The lowest BCUT2D eigenvalue weighted by Crippen LogP contribution is -2.39. The fourth-order valence-electron chi connectivity index (χ4n) is 4.06. The fourth-order valence-corrected chi connectivity index (χ4v) is 4.06. The van der Waals surface area contributed by atoms with Gasteiger partial charge >= 0.3 is 0 Å². The van der Waals surface area contributed by atoms with E-state index in [1.165, 1.54) is 70.6 Å². The van der Waals surface area contributed by atoms with E-state index in [4.69, 9.17) is 5.73 Å². The van der Waals surface area contributed by atoms with Gasteiger partial charge in [0, 0.05) is 6.04 Å². The summed E-state index contributed by atoms with van der Waals surface area (Å²) in [5.41, 5.74) is 6.58. The smallest absolute Gasteiger partial charge is 0.00956 e. The molecule has 0 heterocycles. The van der Waals surface area contributed by atoms with Gasteiger partial charge in [0.05, 0.1) is 0 Å². The number of hydrogen-bond acceptors (Lipinski definition) is 1. The van der Waals surface area contributed by atoms with Crippen molar-refractivity contribution in [1.82, 2.24) is 0 Å². The standard InChI is InChI=1S/C16H31N/c1-2-13-9-11-15(12-10-13)16(17)14-7-5-3-4-6-8-14/h13-16H,2-12,17H2,1H3. The average Bonchev–Trinajstić information content (AvgIpc) is 2.67. The van der Waals surface area contributed by atoms with E-state index in [9.17, 15) is 0 Å². The lowest BCUT2D eigenvalue weighted by Gasteiger charge is -2.35. The van der Waals surface area contributed by atoms with E-state index in [0.29, 0.717) is 6.04 Å². The molecular formula is C16H31N. The molecule has 1 nitrogen and oxygen atoms in total. The molecule has 0 amide bonds. The molecule has 2 rings (SSSR count). The molecule has 100 valence electrons. The Bertz CT molecular complexity index is 198. The molecule has 2 saturated carbocycles. The van der Waals surface area contributed by atoms with Crippen molar-refractivity contribution in [2.24, 2.45) is 23.5 Å². The van der Waals surface area contributed by atoms with Crippen LogP contribution in [0.5, 0.6) is 0 Å². The van der Waals surface area contributed by atoms with E-state index < -0.39 is 0 Å². The van der Waals surface area contributed by atoms with Crippen LogP contribution in [-0.2, 0) is 0 Å². The topological polar surface area (TPSA) is 26.0 Å². The van der Waals surface area contributed by atoms with Gasteiger partial charge in [-0.25, -0.2) is 0 Å². The van der Waals surface area contributed by atoms with Crippen molar-refractivity contribution in [2.75, 3.05) is 0 Å². The minimum Gasteiger partial charge on any atom is -0.327 e. The van der Waals surface area contributed by atoms with E-state index in [2.05, 4.69) is 6.92 Å². The van der Waals surface area contributed by atoms with Gasteiger partial charge in [-0.3, -0.25) is 0 Å². The van der Waals surface area contributed by atoms with Crippen molar-refractivity contribution >= 4 is 0 Å². The van der Waals surface area contributed by atoms with Crippen molar-refractivity contribution in [3.8, 4) is 0 Å². The van der Waals surface area contributed by atoms with Crippen molar-refractivity contribution in [1.29, 1.82) is 0 Å². The zero-order chi connectivity index (χ0) is 12.1. The molecule has 0 aromatic rings. The molecule has 0 aromatic carbocycles. The van der Waals surface area contributed by atoms with Crippen molar-refractivity contribution < 1.29 is 0 Å². The SMILES string of the molecule is CCC1CCC(C(N)C2CCCCCC2)CC1. The van der Waals surface area contributed by atoms with Gasteiger partial charge in [-0.15, -0.1) is 0 Å². The van der Waals surface area contributed by atoms with Gasteiger partial charge in [0.1, 0.15) is 0 Å². The molecule has 0 aliphatic heterocycles. The molecule has 0 bridgehead atoms. The molecule has 17 heavy (non-hydrogen) atoms. The monoisotopic (exact) mass is 237 g/mol. The predicted molar refractivity (Wildman–Crippen MR) is 74.9 cm³/mol. The Morgan fingerprint density at radius 1 is 0.824 bits per heavy atom. The third-order valence-electron chi connectivity index (χ3n) is 5.46. The Morgan fingerprint density at radius 3 is 1.88 bits per heavy atom. The predicted octanol–water partition coefficient (Wildman–Crippen LogP) is 4.50. The second-order valence-corrected chi connectivity index (χ2v) is 6.52. The highest BCUT2D eigenvalue weighted by atomic mass is 14.7. The molecule has 2 aliphatic rings. The molecule has 0 radical (unpaired) electrons. The summed E-state index contributed by atoms with van der Waals surface area (Å²) in [6, 6.07) is 0.519. The zero-order valence-electron chi connectivity index (χ0n) is 11.7. The first-order chi connectivity index (χ1) is 8.31. The molecule has 1 heteroatoms. The van der Waals surface area contributed by atoms with Crippen LogP contribution in [0.4, 0.5) is 0 Å². The van der Waals surface area contributed by atoms with Crippen molar-refractivity contribution in [3.63, 3.8) is 0 Å². The largest absolute Gasteiger partial charge is 0.327 e. The lowest BCUT2D eigenvalue weighted by molar-refractivity contribution is 0.193. The highest BCUT2D eigenvalue weighted by molar-refractivity contribution is 4.85. The van der Waals surface area contributed by atoms with Gasteiger partial charge in [0.25, 0.3) is 0 Å². The summed E-state index contributed by atoms with van der Waals surface area (Å²) in [5, 5.41) is 0. The molecule has 0 saturated heterocycles. The van der Waals surface area contributed by atoms with E-state index in [-0.39, 0.29) is 0 Å². The Labute approximate surface area is 108 Å². The Balaban J connectivity index is 1.80. The van der Waals surface area contributed by atoms with E-state index >= 15 is 0 Å². The highest BCUT2D eigenvalue weighted by Gasteiger charge is 2.29. The number of hydrogen-bond donors (Lipinski definition) is 1. The minimum absolute atomic E-state index is 0.519. The summed E-state index contributed by atoms with van der Waals surface area (Å²) in [5.74, 6) is 2.70. The van der Waals surface area contributed by atoms with Crippen LogP contribution in [-0.4, -0.2) is 6.04 Å². The summed E-state index contributed by atoms with van der Waals surface area (Å²) < 4.78 is 0. The van der Waals surface area contributed by atoms with Crippen LogP contribution < -0.4 is 5.73 Å². The first-order valence-corrected chi connectivity index (χ1v) is 8.06. The fraction of sp³-hybridized carbons (Fsp3) is 1.00. The summed E-state index contributed by atoms with van der Waals surface area (Å²) in [7, 11) is 0. The molecule has 1 unspecified atom stereocenters. The van der Waals surface area contributed by atoms with Gasteiger partial charge in [-0.05, 0) is 43.4 Å². The van der Waals surface area contributed by atoms with Crippen LogP contribution in [0.15, 0.2) is 0 Å². The van der Waals surface area contributed by atoms with Crippen LogP contribution in [0, 0.1) is 17.8 Å². The first-order valence-electron chi connectivity index (χ1n) is 8.06. The van der Waals surface area contributed by atoms with E-state index in [1.807, 2.05) is 0 Å². The van der Waals surface area contributed by atoms with Gasteiger partial charge in [0.15, 0.2) is 0 Å². The maximum absolute atomic E-state index is 6.58. The third-order valence-corrected chi connectivity index (χ3v) is 5.46. The van der Waals surface area contributed by atoms with E-state index in [1.54, 1.807) is 0 Å². The average molecular weight is 237 g/mol. The molecule has 2 aliphatic carbocycles. The molecule has 2 N–H and O–H groups in total. The second kappa shape index (κ2) is 6.78. The zero-order valence-corrected chi connectivity index (χ0v) is 11.7. The van der Waals surface area contributed by atoms with Crippen LogP contribution in [0.3, 0.4) is 0 Å². The lowest BCUT2D eigenvalue weighted by atomic mass is 9.73. The minimum atomic E-state index is 0.519. The molecule has 0 aromatic heterocycles. The van der Waals surface area contributed by atoms with Crippen molar-refractivity contribution in [2.45, 2.75) is 83.6 Å². The van der Waals surface area contributed by atoms with Crippen molar-refractivity contribution in [3.05, 3.63) is 0 Å². The number of rotatable bonds is 3. The third kappa shape index (κ3) is 3.71. The van der Waals surface area contributed by atoms with Gasteiger partial charge < -0.3 is 5.73 Å². The quantitative estimate of drug-likeness (QED) is 0.719. The van der Waals surface area contributed by atoms with Crippen LogP contribution >= 0.6 is 0 Å². The van der Waals surface area contributed by atoms with Crippen LogP contribution in [0.2, 0.25) is 0 Å². The maximum atomic E-state index is 6.58. The first kappa shape index (κ1) is 13.4. The molecule has 0 spiro atoms. The van der Waals surface area contributed by atoms with Gasteiger partial charge in [0.2, 0.25) is 0 Å². The highest BCUT2D eigenvalue weighted by Crippen LogP contribution is 2.36. The van der Waals surface area contributed by atoms with Gasteiger partial charge in [-0.1, -0.05) is 51.9 Å². The van der Waals surface area contributed by atoms with E-state index in [0.717, 1.165) is 17.8 Å². The molecular weight excluding hydrogens is 206 g/mol. The van der Waals surface area contributed by atoms with Gasteiger partial charge in [-0.2, -0.15) is 0 Å². The van der Waals surface area contributed by atoms with Crippen LogP contribution in [0.1, 0.15) is 77.6 Å².